The van der Waals surface area contributed by atoms with E-state index in [1.54, 1.807) is 0 Å². The third kappa shape index (κ3) is 4.11. The Labute approximate surface area is 128 Å². The van der Waals surface area contributed by atoms with Crippen LogP contribution in [0.2, 0.25) is 0 Å². The van der Waals surface area contributed by atoms with E-state index >= 15 is 0 Å². The number of nitrogens with zero attached hydrogens (tertiary/aromatic N) is 1. The highest BCUT2D eigenvalue weighted by Crippen LogP contribution is 2.39. The van der Waals surface area contributed by atoms with Gasteiger partial charge in [0.1, 0.15) is 0 Å². The van der Waals surface area contributed by atoms with E-state index < -0.39 is 0 Å². The monoisotopic (exact) mass is 292 g/mol. The molecule has 118 valence electrons. The highest BCUT2D eigenvalue weighted by molar-refractivity contribution is 5.47. The fourth-order valence-electron chi connectivity index (χ4n) is 2.99. The summed E-state index contributed by atoms with van der Waals surface area (Å²) in [7, 11) is 0. The molecule has 1 aliphatic rings. The summed E-state index contributed by atoms with van der Waals surface area (Å²) in [6, 6.07) is 6.11. The Morgan fingerprint density at radius 1 is 1.29 bits per heavy atom. The van der Waals surface area contributed by atoms with Crippen molar-refractivity contribution in [1.82, 2.24) is 10.2 Å². The summed E-state index contributed by atoms with van der Waals surface area (Å²) in [4.78, 5) is 2.47. The number of hydrogen-bond acceptors (Lipinski definition) is 4. The Hall–Kier alpha value is -1.26. The van der Waals surface area contributed by atoms with Crippen molar-refractivity contribution in [2.24, 2.45) is 5.92 Å². The Morgan fingerprint density at radius 2 is 2.00 bits per heavy atom. The van der Waals surface area contributed by atoms with Crippen LogP contribution in [0, 0.1) is 5.92 Å². The average Bonchev–Trinajstić information content (AvgIpc) is 2.48. The predicted octanol–water partition coefficient (Wildman–Crippen LogP) is 2.78. The summed E-state index contributed by atoms with van der Waals surface area (Å²) in [5.41, 5.74) is 0.997. The van der Waals surface area contributed by atoms with Crippen LogP contribution in [0.5, 0.6) is 11.5 Å². The molecule has 1 heterocycles. The molecule has 1 atom stereocenters. The topological polar surface area (TPSA) is 44.7 Å². The standard InChI is InChI=1S/C17H28N2O2/c1-4-21-16-7-5-6-14(17(16)20)15(12-13(2)3)19-10-8-18-9-11-19/h5-7,13,15,18,20H,4,8-12H2,1-3H3/t15-/m1/s1. The van der Waals surface area contributed by atoms with Crippen LogP contribution in [0.1, 0.15) is 38.8 Å². The molecule has 0 bridgehead atoms. The molecule has 4 heteroatoms. The largest absolute Gasteiger partial charge is 0.504 e. The van der Waals surface area contributed by atoms with E-state index in [0.717, 1.165) is 38.2 Å². The van der Waals surface area contributed by atoms with Crippen molar-refractivity contribution in [2.45, 2.75) is 33.2 Å². The summed E-state index contributed by atoms with van der Waals surface area (Å²) in [5.74, 6) is 1.49. The maximum atomic E-state index is 10.6. The number of benzene rings is 1. The van der Waals surface area contributed by atoms with Gasteiger partial charge in [0.05, 0.1) is 6.61 Å². The van der Waals surface area contributed by atoms with Gasteiger partial charge in [-0.3, -0.25) is 4.90 Å². The van der Waals surface area contributed by atoms with Gasteiger partial charge < -0.3 is 15.2 Å². The van der Waals surface area contributed by atoms with Crippen molar-refractivity contribution in [3.63, 3.8) is 0 Å². The number of nitrogens with one attached hydrogen (secondary N) is 1. The molecular weight excluding hydrogens is 264 g/mol. The van der Waals surface area contributed by atoms with E-state index in [9.17, 15) is 5.11 Å². The van der Waals surface area contributed by atoms with Crippen LogP contribution in [0.25, 0.3) is 0 Å². The number of piperazine rings is 1. The molecule has 0 radical (unpaired) electrons. The molecule has 2 N–H and O–H groups in total. The van der Waals surface area contributed by atoms with Crippen LogP contribution < -0.4 is 10.1 Å². The third-order valence-corrected chi connectivity index (χ3v) is 3.98. The first-order chi connectivity index (χ1) is 10.1. The van der Waals surface area contributed by atoms with Gasteiger partial charge in [-0.1, -0.05) is 26.0 Å². The summed E-state index contributed by atoms with van der Waals surface area (Å²) < 4.78 is 5.54. The van der Waals surface area contributed by atoms with Crippen LogP contribution in [0.3, 0.4) is 0 Å². The van der Waals surface area contributed by atoms with Crippen LogP contribution in [-0.2, 0) is 0 Å². The summed E-state index contributed by atoms with van der Waals surface area (Å²) in [6.07, 6.45) is 1.04. The molecular formula is C17H28N2O2. The van der Waals surface area contributed by atoms with E-state index in [1.165, 1.54) is 0 Å². The zero-order valence-corrected chi connectivity index (χ0v) is 13.4. The number of aromatic hydroxyl groups is 1. The second-order valence-electron chi connectivity index (χ2n) is 6.06. The van der Waals surface area contributed by atoms with Gasteiger partial charge in [-0.2, -0.15) is 0 Å². The molecule has 0 unspecified atom stereocenters. The highest BCUT2D eigenvalue weighted by atomic mass is 16.5. The first kappa shape index (κ1) is 16.1. The minimum Gasteiger partial charge on any atom is -0.504 e. The van der Waals surface area contributed by atoms with Gasteiger partial charge in [0.25, 0.3) is 0 Å². The van der Waals surface area contributed by atoms with E-state index in [2.05, 4.69) is 24.1 Å². The maximum Gasteiger partial charge on any atom is 0.162 e. The predicted molar refractivity (Wildman–Crippen MR) is 85.9 cm³/mol. The molecule has 21 heavy (non-hydrogen) atoms. The number of para-hydroxylation sites is 1. The molecule has 0 saturated carbocycles. The molecule has 1 saturated heterocycles. The molecule has 0 aromatic heterocycles. The van der Waals surface area contributed by atoms with Gasteiger partial charge in [0.15, 0.2) is 11.5 Å². The smallest absolute Gasteiger partial charge is 0.162 e. The zero-order chi connectivity index (χ0) is 15.2. The average molecular weight is 292 g/mol. The Bertz CT molecular complexity index is 442. The lowest BCUT2D eigenvalue weighted by atomic mass is 9.94. The molecule has 0 aliphatic carbocycles. The highest BCUT2D eigenvalue weighted by Gasteiger charge is 2.26. The lowest BCUT2D eigenvalue weighted by Crippen LogP contribution is -2.45. The van der Waals surface area contributed by atoms with Gasteiger partial charge in [0, 0.05) is 37.8 Å². The number of phenolic OH excluding ortho intramolecular Hbond substituents is 1. The molecule has 1 aromatic rings. The molecule has 1 aliphatic heterocycles. The second-order valence-corrected chi connectivity index (χ2v) is 6.06. The minimum absolute atomic E-state index is 0.257. The normalized spacial score (nSPS) is 17.9. The Balaban J connectivity index is 2.29. The Morgan fingerprint density at radius 3 is 2.62 bits per heavy atom. The van der Waals surface area contributed by atoms with Crippen LogP contribution in [0.15, 0.2) is 18.2 Å². The molecule has 2 rings (SSSR count). The van der Waals surface area contributed by atoms with E-state index in [1.807, 2.05) is 25.1 Å². The molecule has 1 fully saturated rings. The van der Waals surface area contributed by atoms with Crippen LogP contribution in [-0.4, -0.2) is 42.8 Å². The quantitative estimate of drug-likeness (QED) is 0.846. The van der Waals surface area contributed by atoms with E-state index in [4.69, 9.17) is 4.74 Å². The van der Waals surface area contributed by atoms with Crippen molar-refractivity contribution < 1.29 is 9.84 Å². The van der Waals surface area contributed by atoms with Crippen molar-refractivity contribution in [3.05, 3.63) is 23.8 Å². The van der Waals surface area contributed by atoms with Crippen molar-refractivity contribution in [1.29, 1.82) is 0 Å². The minimum atomic E-state index is 0.257. The van der Waals surface area contributed by atoms with Crippen LogP contribution >= 0.6 is 0 Å². The second kappa shape index (κ2) is 7.66. The third-order valence-electron chi connectivity index (χ3n) is 3.98. The fraction of sp³-hybridized carbons (Fsp3) is 0.647. The number of rotatable bonds is 6. The number of phenols is 1. The SMILES string of the molecule is CCOc1cccc([C@@H](CC(C)C)N2CCNCC2)c1O. The lowest BCUT2D eigenvalue weighted by Gasteiger charge is -2.36. The molecule has 0 spiro atoms. The summed E-state index contributed by atoms with van der Waals surface area (Å²) in [6.45, 7) is 11.1. The summed E-state index contributed by atoms with van der Waals surface area (Å²) >= 11 is 0. The van der Waals surface area contributed by atoms with Crippen molar-refractivity contribution in [2.75, 3.05) is 32.8 Å². The van der Waals surface area contributed by atoms with Crippen molar-refractivity contribution in [3.8, 4) is 11.5 Å². The first-order valence-corrected chi connectivity index (χ1v) is 8.03. The van der Waals surface area contributed by atoms with Gasteiger partial charge >= 0.3 is 0 Å². The first-order valence-electron chi connectivity index (χ1n) is 8.03. The summed E-state index contributed by atoms with van der Waals surface area (Å²) in [5, 5.41) is 14.0. The van der Waals surface area contributed by atoms with E-state index in [-0.39, 0.29) is 6.04 Å². The van der Waals surface area contributed by atoms with Crippen molar-refractivity contribution >= 4 is 0 Å². The van der Waals surface area contributed by atoms with Gasteiger partial charge in [0.2, 0.25) is 0 Å². The van der Waals surface area contributed by atoms with Gasteiger partial charge in [-0.05, 0) is 25.3 Å². The lowest BCUT2D eigenvalue weighted by molar-refractivity contribution is 0.151. The Kier molecular flexibility index (Phi) is 5.88. The fourth-order valence-corrected chi connectivity index (χ4v) is 2.99. The number of ether oxygens (including phenoxy) is 1. The molecule has 1 aromatic carbocycles. The zero-order valence-electron chi connectivity index (χ0n) is 13.4. The molecule has 0 amide bonds. The van der Waals surface area contributed by atoms with Gasteiger partial charge in [-0.25, -0.2) is 0 Å². The molecule has 4 nitrogen and oxygen atoms in total. The van der Waals surface area contributed by atoms with Gasteiger partial charge in [-0.15, -0.1) is 0 Å². The number of hydrogen-bond donors (Lipinski definition) is 2. The van der Waals surface area contributed by atoms with E-state index in [0.29, 0.717) is 24.0 Å². The maximum absolute atomic E-state index is 10.6. The van der Waals surface area contributed by atoms with Crippen LogP contribution in [0.4, 0.5) is 0 Å².